The van der Waals surface area contributed by atoms with Crippen LogP contribution in [-0.4, -0.2) is 5.11 Å². The van der Waals surface area contributed by atoms with Crippen LogP contribution in [0.15, 0.2) is 42.5 Å². The van der Waals surface area contributed by atoms with Gasteiger partial charge in [0.2, 0.25) is 0 Å². The molecule has 100 valence electrons. The Hall–Kier alpha value is -1.88. The fraction of sp³-hybridized carbons (Fsp3) is 0.143. The number of aliphatic hydroxyl groups is 1. The Labute approximate surface area is 107 Å². The summed E-state index contributed by atoms with van der Waals surface area (Å²) in [6, 6.07) is 8.01. The molecule has 1 nitrogen and oxygen atoms in total. The zero-order valence-corrected chi connectivity index (χ0v) is 9.66. The van der Waals surface area contributed by atoms with Crippen LogP contribution in [0.25, 0.3) is 0 Å². The first-order valence-electron chi connectivity index (χ1n) is 5.50. The van der Waals surface area contributed by atoms with Crippen molar-refractivity contribution in [3.8, 4) is 0 Å². The van der Waals surface area contributed by atoms with Gasteiger partial charge >= 0.3 is 0 Å². The molecule has 1 unspecified atom stereocenters. The van der Waals surface area contributed by atoms with Crippen LogP contribution in [0.3, 0.4) is 0 Å². The minimum atomic E-state index is -2.71. The van der Waals surface area contributed by atoms with E-state index < -0.39 is 29.7 Å². The van der Waals surface area contributed by atoms with Crippen molar-refractivity contribution in [2.24, 2.45) is 0 Å². The van der Waals surface area contributed by atoms with Crippen LogP contribution in [0.2, 0.25) is 0 Å². The van der Waals surface area contributed by atoms with Crippen LogP contribution in [-0.2, 0) is 0 Å². The van der Waals surface area contributed by atoms with E-state index in [2.05, 4.69) is 0 Å². The lowest BCUT2D eigenvalue weighted by molar-refractivity contribution is 0.150. The molecule has 0 amide bonds. The molecule has 0 fully saturated rings. The van der Waals surface area contributed by atoms with Crippen molar-refractivity contribution in [2.75, 3.05) is 0 Å². The van der Waals surface area contributed by atoms with E-state index in [0.717, 1.165) is 24.3 Å². The lowest BCUT2D eigenvalue weighted by Crippen LogP contribution is -2.06. The van der Waals surface area contributed by atoms with Crippen molar-refractivity contribution in [1.29, 1.82) is 0 Å². The summed E-state index contributed by atoms with van der Waals surface area (Å²) in [6.07, 6.45) is -4.34. The Balaban J connectivity index is 2.44. The monoisotopic (exact) mass is 270 g/mol. The highest BCUT2D eigenvalue weighted by Crippen LogP contribution is 2.29. The van der Waals surface area contributed by atoms with Gasteiger partial charge in [0.25, 0.3) is 6.43 Å². The maximum atomic E-state index is 13.5. The number of rotatable bonds is 3. The summed E-state index contributed by atoms with van der Waals surface area (Å²) >= 11 is 0. The fourth-order valence-electron chi connectivity index (χ4n) is 1.80. The van der Waals surface area contributed by atoms with Crippen molar-refractivity contribution in [3.63, 3.8) is 0 Å². The predicted molar refractivity (Wildman–Crippen MR) is 61.8 cm³/mol. The first-order valence-corrected chi connectivity index (χ1v) is 5.50. The van der Waals surface area contributed by atoms with E-state index in [1.165, 1.54) is 18.2 Å². The molecule has 0 saturated heterocycles. The Kier molecular flexibility index (Phi) is 3.85. The van der Waals surface area contributed by atoms with Gasteiger partial charge in [-0.2, -0.15) is 0 Å². The van der Waals surface area contributed by atoms with Crippen LogP contribution in [0, 0.1) is 11.6 Å². The molecule has 0 heterocycles. The summed E-state index contributed by atoms with van der Waals surface area (Å²) in [5.41, 5.74) is -0.844. The summed E-state index contributed by atoms with van der Waals surface area (Å²) in [7, 11) is 0. The highest BCUT2D eigenvalue weighted by atomic mass is 19.3. The third-order valence-electron chi connectivity index (χ3n) is 2.75. The molecular weight excluding hydrogens is 260 g/mol. The first-order chi connectivity index (χ1) is 9.00. The van der Waals surface area contributed by atoms with Gasteiger partial charge in [-0.25, -0.2) is 17.6 Å². The van der Waals surface area contributed by atoms with Gasteiger partial charge in [-0.3, -0.25) is 0 Å². The number of alkyl halides is 2. The van der Waals surface area contributed by atoms with E-state index in [4.69, 9.17) is 0 Å². The van der Waals surface area contributed by atoms with Crippen molar-refractivity contribution < 1.29 is 22.7 Å². The molecule has 5 heteroatoms. The summed E-state index contributed by atoms with van der Waals surface area (Å²) in [5.74, 6) is -1.84. The van der Waals surface area contributed by atoms with Gasteiger partial charge in [0.1, 0.15) is 17.7 Å². The lowest BCUT2D eigenvalue weighted by Gasteiger charge is -2.14. The van der Waals surface area contributed by atoms with Crippen LogP contribution < -0.4 is 0 Å². The second-order valence-electron chi connectivity index (χ2n) is 4.01. The predicted octanol–water partition coefficient (Wildman–Crippen LogP) is 3.98. The summed E-state index contributed by atoms with van der Waals surface area (Å²) in [6.45, 7) is 0. The van der Waals surface area contributed by atoms with E-state index in [1.807, 2.05) is 0 Å². The fourth-order valence-corrected chi connectivity index (χ4v) is 1.80. The molecule has 2 aromatic rings. The molecule has 0 radical (unpaired) electrons. The highest BCUT2D eigenvalue weighted by molar-refractivity contribution is 5.34. The molecule has 0 aliphatic heterocycles. The highest BCUT2D eigenvalue weighted by Gasteiger charge is 2.20. The van der Waals surface area contributed by atoms with Gasteiger partial charge in [-0.05, 0) is 23.8 Å². The second-order valence-corrected chi connectivity index (χ2v) is 4.01. The van der Waals surface area contributed by atoms with E-state index in [-0.39, 0.29) is 11.1 Å². The normalized spacial score (nSPS) is 12.7. The Morgan fingerprint density at radius 3 is 1.95 bits per heavy atom. The van der Waals surface area contributed by atoms with Crippen molar-refractivity contribution in [1.82, 2.24) is 0 Å². The van der Waals surface area contributed by atoms with Gasteiger partial charge < -0.3 is 5.11 Å². The number of hydrogen-bond donors (Lipinski definition) is 1. The largest absolute Gasteiger partial charge is 0.383 e. The van der Waals surface area contributed by atoms with Crippen LogP contribution in [0.4, 0.5) is 17.6 Å². The second kappa shape index (κ2) is 5.40. The third-order valence-corrected chi connectivity index (χ3v) is 2.75. The van der Waals surface area contributed by atoms with E-state index in [1.54, 1.807) is 0 Å². The van der Waals surface area contributed by atoms with Gasteiger partial charge in [0.15, 0.2) is 0 Å². The molecule has 0 aliphatic carbocycles. The van der Waals surface area contributed by atoms with Gasteiger partial charge in [-0.1, -0.05) is 24.3 Å². The molecule has 0 bridgehead atoms. The van der Waals surface area contributed by atoms with Gasteiger partial charge in [-0.15, -0.1) is 0 Å². The molecule has 0 aromatic heterocycles. The zero-order valence-electron chi connectivity index (χ0n) is 9.66. The van der Waals surface area contributed by atoms with Crippen LogP contribution in [0.5, 0.6) is 0 Å². The topological polar surface area (TPSA) is 20.2 Å². The minimum absolute atomic E-state index is 0.0156. The van der Waals surface area contributed by atoms with E-state index in [9.17, 15) is 22.7 Å². The van der Waals surface area contributed by atoms with E-state index in [0.29, 0.717) is 0 Å². The van der Waals surface area contributed by atoms with Crippen LogP contribution >= 0.6 is 0 Å². The van der Waals surface area contributed by atoms with Crippen molar-refractivity contribution in [2.45, 2.75) is 12.5 Å². The molecule has 19 heavy (non-hydrogen) atoms. The molecular formula is C14H10F4O. The minimum Gasteiger partial charge on any atom is -0.383 e. The summed E-state index contributed by atoms with van der Waals surface area (Å²) in [5, 5.41) is 9.93. The number of benzene rings is 2. The third kappa shape index (κ3) is 2.76. The Morgan fingerprint density at radius 2 is 1.37 bits per heavy atom. The number of hydrogen-bond acceptors (Lipinski definition) is 1. The molecule has 2 rings (SSSR count). The Bertz CT molecular complexity index is 563. The van der Waals surface area contributed by atoms with E-state index >= 15 is 0 Å². The smallest absolute Gasteiger partial charge is 0.263 e. The van der Waals surface area contributed by atoms with Gasteiger partial charge in [0, 0.05) is 5.56 Å². The number of halogens is 4. The zero-order chi connectivity index (χ0) is 14.0. The molecule has 1 atom stereocenters. The van der Waals surface area contributed by atoms with Crippen molar-refractivity contribution >= 4 is 0 Å². The molecule has 0 aliphatic rings. The molecule has 0 saturated carbocycles. The van der Waals surface area contributed by atoms with Crippen molar-refractivity contribution in [3.05, 3.63) is 70.8 Å². The SMILES string of the molecule is OC(c1cccc(C(F)F)c1)c1c(F)cccc1F. The molecule has 2 aromatic carbocycles. The maximum absolute atomic E-state index is 13.5. The lowest BCUT2D eigenvalue weighted by atomic mass is 9.99. The standard InChI is InChI=1S/C14H10F4O/c15-10-5-2-6-11(16)12(10)13(19)8-3-1-4-9(7-8)14(17)18/h1-7,13-14,19H. The maximum Gasteiger partial charge on any atom is 0.263 e. The molecule has 0 spiro atoms. The number of aliphatic hydroxyl groups excluding tert-OH is 1. The van der Waals surface area contributed by atoms with Gasteiger partial charge in [0.05, 0.1) is 5.56 Å². The summed E-state index contributed by atoms with van der Waals surface area (Å²) < 4.78 is 52.1. The average Bonchev–Trinajstić information content (AvgIpc) is 2.38. The molecule has 1 N–H and O–H groups in total. The first kappa shape index (κ1) is 13.5. The Morgan fingerprint density at radius 1 is 0.842 bits per heavy atom. The quantitative estimate of drug-likeness (QED) is 0.836. The van der Waals surface area contributed by atoms with Crippen LogP contribution in [0.1, 0.15) is 29.2 Å². The summed E-state index contributed by atoms with van der Waals surface area (Å²) in [4.78, 5) is 0. The average molecular weight is 270 g/mol.